The second-order valence-electron chi connectivity index (χ2n) is 6.35. The monoisotopic (exact) mass is 269 g/mol. The van der Waals surface area contributed by atoms with Crippen LogP contribution in [0.2, 0.25) is 0 Å². The average molecular weight is 269 g/mol. The fourth-order valence-corrected chi connectivity index (χ4v) is 2.78. The third kappa shape index (κ3) is 8.61. The van der Waals surface area contributed by atoms with Crippen LogP contribution in [-0.4, -0.2) is 62.2 Å². The van der Waals surface area contributed by atoms with Gasteiger partial charge < -0.3 is 15.1 Å². The Morgan fingerprint density at radius 3 is 2.21 bits per heavy atom. The summed E-state index contributed by atoms with van der Waals surface area (Å²) in [6.45, 7) is 16.9. The molecule has 0 spiro atoms. The van der Waals surface area contributed by atoms with Crippen LogP contribution in [0, 0.1) is 5.92 Å². The summed E-state index contributed by atoms with van der Waals surface area (Å²) in [4.78, 5) is 5.27. The van der Waals surface area contributed by atoms with Gasteiger partial charge in [-0.1, -0.05) is 27.2 Å². The molecule has 0 unspecified atom stereocenters. The van der Waals surface area contributed by atoms with Gasteiger partial charge in [0.15, 0.2) is 0 Å². The standard InChI is InChI=1S/C16H35N3/c1-4-8-17-9-6-5-7-10-18-11-13-19(14-12-18)15-16(2)3/h16-17H,4-15H2,1-3H3. The molecule has 0 aromatic heterocycles. The Morgan fingerprint density at radius 1 is 0.895 bits per heavy atom. The highest BCUT2D eigenvalue weighted by atomic mass is 15.3. The normalized spacial score (nSPS) is 18.3. The first-order chi connectivity index (χ1) is 9.22. The van der Waals surface area contributed by atoms with Gasteiger partial charge in [-0.3, -0.25) is 0 Å². The zero-order chi connectivity index (χ0) is 13.9. The highest BCUT2D eigenvalue weighted by Crippen LogP contribution is 2.06. The van der Waals surface area contributed by atoms with E-state index in [-0.39, 0.29) is 0 Å². The van der Waals surface area contributed by atoms with E-state index in [4.69, 9.17) is 0 Å². The minimum absolute atomic E-state index is 0.808. The quantitative estimate of drug-likeness (QED) is 0.615. The SMILES string of the molecule is CCCNCCCCCN1CCN(CC(C)C)CC1. The van der Waals surface area contributed by atoms with Crippen LogP contribution < -0.4 is 5.32 Å². The second kappa shape index (κ2) is 10.6. The van der Waals surface area contributed by atoms with E-state index in [1.165, 1.54) is 78.0 Å². The summed E-state index contributed by atoms with van der Waals surface area (Å²) in [5, 5.41) is 3.48. The molecule has 0 bridgehead atoms. The number of unbranched alkanes of at least 4 members (excludes halogenated alkanes) is 2. The molecule has 0 saturated carbocycles. The van der Waals surface area contributed by atoms with Gasteiger partial charge in [0.05, 0.1) is 0 Å². The van der Waals surface area contributed by atoms with Crippen molar-refractivity contribution in [3.63, 3.8) is 0 Å². The van der Waals surface area contributed by atoms with E-state index in [0.29, 0.717) is 0 Å². The zero-order valence-corrected chi connectivity index (χ0v) is 13.5. The van der Waals surface area contributed by atoms with Crippen molar-refractivity contribution in [2.75, 3.05) is 52.4 Å². The number of hydrogen-bond donors (Lipinski definition) is 1. The summed E-state index contributed by atoms with van der Waals surface area (Å²) in [6.07, 6.45) is 5.34. The zero-order valence-electron chi connectivity index (χ0n) is 13.5. The predicted molar refractivity (Wildman–Crippen MR) is 84.7 cm³/mol. The minimum Gasteiger partial charge on any atom is -0.317 e. The molecule has 1 heterocycles. The largest absolute Gasteiger partial charge is 0.317 e. The highest BCUT2D eigenvalue weighted by Gasteiger charge is 2.16. The van der Waals surface area contributed by atoms with Gasteiger partial charge in [-0.2, -0.15) is 0 Å². The molecule has 0 aliphatic carbocycles. The van der Waals surface area contributed by atoms with Crippen molar-refractivity contribution in [2.45, 2.75) is 46.5 Å². The fraction of sp³-hybridized carbons (Fsp3) is 1.00. The molecule has 0 atom stereocenters. The summed E-state index contributed by atoms with van der Waals surface area (Å²) >= 11 is 0. The lowest BCUT2D eigenvalue weighted by molar-refractivity contribution is 0.121. The van der Waals surface area contributed by atoms with Gasteiger partial charge in [0.2, 0.25) is 0 Å². The van der Waals surface area contributed by atoms with Gasteiger partial charge in [-0.15, -0.1) is 0 Å². The first-order valence-electron chi connectivity index (χ1n) is 8.37. The first-order valence-corrected chi connectivity index (χ1v) is 8.37. The lowest BCUT2D eigenvalue weighted by atomic mass is 10.2. The molecular weight excluding hydrogens is 234 g/mol. The molecule has 1 aliphatic rings. The van der Waals surface area contributed by atoms with Crippen LogP contribution in [0.1, 0.15) is 46.5 Å². The molecule has 0 aromatic carbocycles. The minimum atomic E-state index is 0.808. The van der Waals surface area contributed by atoms with E-state index in [1.54, 1.807) is 0 Å². The van der Waals surface area contributed by atoms with Crippen molar-refractivity contribution < 1.29 is 0 Å². The van der Waals surface area contributed by atoms with Crippen LogP contribution in [0.25, 0.3) is 0 Å². The third-order valence-electron chi connectivity index (χ3n) is 3.84. The maximum absolute atomic E-state index is 3.48. The van der Waals surface area contributed by atoms with Gasteiger partial charge in [0.1, 0.15) is 0 Å². The Bertz CT molecular complexity index is 198. The topological polar surface area (TPSA) is 18.5 Å². The van der Waals surface area contributed by atoms with Crippen molar-refractivity contribution >= 4 is 0 Å². The van der Waals surface area contributed by atoms with E-state index in [1.807, 2.05) is 0 Å². The highest BCUT2D eigenvalue weighted by molar-refractivity contribution is 4.72. The Kier molecular flexibility index (Phi) is 9.48. The van der Waals surface area contributed by atoms with Gasteiger partial charge in [0, 0.05) is 32.7 Å². The van der Waals surface area contributed by atoms with Crippen LogP contribution in [0.3, 0.4) is 0 Å². The maximum Gasteiger partial charge on any atom is 0.0110 e. The van der Waals surface area contributed by atoms with Crippen molar-refractivity contribution in [2.24, 2.45) is 5.92 Å². The molecule has 1 fully saturated rings. The first kappa shape index (κ1) is 16.9. The molecule has 19 heavy (non-hydrogen) atoms. The fourth-order valence-electron chi connectivity index (χ4n) is 2.78. The van der Waals surface area contributed by atoms with Crippen molar-refractivity contribution in [3.05, 3.63) is 0 Å². The van der Waals surface area contributed by atoms with Gasteiger partial charge >= 0.3 is 0 Å². The maximum atomic E-state index is 3.48. The van der Waals surface area contributed by atoms with Crippen LogP contribution >= 0.6 is 0 Å². The molecule has 1 N–H and O–H groups in total. The van der Waals surface area contributed by atoms with Crippen LogP contribution in [0.15, 0.2) is 0 Å². The number of rotatable bonds is 10. The van der Waals surface area contributed by atoms with Crippen molar-refractivity contribution in [3.8, 4) is 0 Å². The van der Waals surface area contributed by atoms with Gasteiger partial charge in [-0.05, 0) is 44.8 Å². The average Bonchev–Trinajstić information content (AvgIpc) is 2.39. The summed E-state index contributed by atoms with van der Waals surface area (Å²) < 4.78 is 0. The lowest BCUT2D eigenvalue weighted by Crippen LogP contribution is -2.47. The molecule has 114 valence electrons. The molecule has 0 radical (unpaired) electrons. The summed E-state index contributed by atoms with van der Waals surface area (Å²) in [5.41, 5.74) is 0. The smallest absolute Gasteiger partial charge is 0.0110 e. The molecule has 0 aromatic rings. The molecule has 3 heteroatoms. The van der Waals surface area contributed by atoms with E-state index < -0.39 is 0 Å². The van der Waals surface area contributed by atoms with Crippen LogP contribution in [-0.2, 0) is 0 Å². The van der Waals surface area contributed by atoms with Gasteiger partial charge in [0.25, 0.3) is 0 Å². The Hall–Kier alpha value is -0.120. The second-order valence-corrected chi connectivity index (χ2v) is 6.35. The van der Waals surface area contributed by atoms with E-state index >= 15 is 0 Å². The molecule has 0 amide bonds. The summed E-state index contributed by atoms with van der Waals surface area (Å²) in [5.74, 6) is 0.808. The number of nitrogens with one attached hydrogen (secondary N) is 1. The molecule has 1 saturated heterocycles. The van der Waals surface area contributed by atoms with Gasteiger partial charge in [-0.25, -0.2) is 0 Å². The van der Waals surface area contributed by atoms with E-state index in [2.05, 4.69) is 35.9 Å². The Labute approximate surface area is 120 Å². The van der Waals surface area contributed by atoms with Crippen molar-refractivity contribution in [1.29, 1.82) is 0 Å². The summed E-state index contributed by atoms with van der Waals surface area (Å²) in [7, 11) is 0. The molecule has 3 nitrogen and oxygen atoms in total. The number of nitrogens with zero attached hydrogens (tertiary/aromatic N) is 2. The van der Waals surface area contributed by atoms with E-state index in [9.17, 15) is 0 Å². The Balaban J connectivity index is 1.92. The lowest BCUT2D eigenvalue weighted by Gasteiger charge is -2.35. The number of piperazine rings is 1. The number of hydrogen-bond acceptors (Lipinski definition) is 3. The van der Waals surface area contributed by atoms with Crippen LogP contribution in [0.4, 0.5) is 0 Å². The molecule has 1 aliphatic heterocycles. The molecule has 1 rings (SSSR count). The molecular formula is C16H35N3. The van der Waals surface area contributed by atoms with Crippen molar-refractivity contribution in [1.82, 2.24) is 15.1 Å². The van der Waals surface area contributed by atoms with Crippen LogP contribution in [0.5, 0.6) is 0 Å². The van der Waals surface area contributed by atoms with E-state index in [0.717, 1.165) is 5.92 Å². The third-order valence-corrected chi connectivity index (χ3v) is 3.84. The Morgan fingerprint density at radius 2 is 1.58 bits per heavy atom. The predicted octanol–water partition coefficient (Wildman–Crippen LogP) is 2.43. The summed E-state index contributed by atoms with van der Waals surface area (Å²) in [6, 6.07) is 0.